The molecule has 2 saturated heterocycles. The molecule has 1 aromatic carbocycles. The zero-order valence-corrected chi connectivity index (χ0v) is 12.0. The van der Waals surface area contributed by atoms with Crippen LogP contribution in [0, 0.1) is 11.6 Å². The van der Waals surface area contributed by atoms with Crippen LogP contribution in [-0.4, -0.2) is 54.3 Å². The van der Waals surface area contributed by atoms with Gasteiger partial charge in [-0.05, 0) is 44.5 Å². The number of nitrogens with zero attached hydrogens (tertiary/aromatic N) is 2. The van der Waals surface area contributed by atoms with Crippen molar-refractivity contribution in [1.29, 1.82) is 0 Å². The van der Waals surface area contributed by atoms with Crippen molar-refractivity contribution in [1.82, 2.24) is 9.80 Å². The molecule has 1 unspecified atom stereocenters. The summed E-state index contributed by atoms with van der Waals surface area (Å²) in [7, 11) is 0. The van der Waals surface area contributed by atoms with Gasteiger partial charge >= 0.3 is 0 Å². The fraction of sp³-hybridized carbons (Fsp3) is 0.562. The molecule has 2 heterocycles. The van der Waals surface area contributed by atoms with Gasteiger partial charge in [-0.1, -0.05) is 6.07 Å². The van der Waals surface area contributed by atoms with Crippen LogP contribution < -0.4 is 0 Å². The van der Waals surface area contributed by atoms with Crippen molar-refractivity contribution in [3.63, 3.8) is 0 Å². The minimum Gasteiger partial charge on any atom is -0.299 e. The number of rotatable bonds is 4. The van der Waals surface area contributed by atoms with Crippen molar-refractivity contribution >= 4 is 5.78 Å². The number of hydrogen-bond acceptors (Lipinski definition) is 3. The molecule has 0 bridgehead atoms. The number of likely N-dealkylation sites (tertiary alicyclic amines) is 2. The summed E-state index contributed by atoms with van der Waals surface area (Å²) < 4.78 is 27.2. The van der Waals surface area contributed by atoms with Gasteiger partial charge in [-0.25, -0.2) is 8.78 Å². The second-order valence-electron chi connectivity index (χ2n) is 5.94. The molecule has 2 aliphatic rings. The average Bonchev–Trinajstić information content (AvgIpc) is 3.08. The highest BCUT2D eigenvalue weighted by atomic mass is 19.1. The minimum atomic E-state index is -0.768. The highest BCUT2D eigenvalue weighted by molar-refractivity contribution is 5.98. The molecule has 0 aromatic heterocycles. The highest BCUT2D eigenvalue weighted by Crippen LogP contribution is 2.21. The summed E-state index contributed by atoms with van der Waals surface area (Å²) in [6, 6.07) is 4.03. The SMILES string of the molecule is O=C(CN1CCC(N2CCCC2)C1)c1c(F)cccc1F. The van der Waals surface area contributed by atoms with E-state index in [1.165, 1.54) is 18.9 Å². The number of benzene rings is 1. The van der Waals surface area contributed by atoms with Gasteiger partial charge in [0.1, 0.15) is 11.6 Å². The first kappa shape index (κ1) is 14.6. The molecule has 21 heavy (non-hydrogen) atoms. The number of hydrogen-bond donors (Lipinski definition) is 0. The summed E-state index contributed by atoms with van der Waals surface area (Å²) in [4.78, 5) is 16.6. The maximum atomic E-state index is 13.6. The Balaban J connectivity index is 1.61. The number of carbonyl (C=O) groups excluding carboxylic acids is 1. The van der Waals surface area contributed by atoms with Crippen LogP contribution in [-0.2, 0) is 0 Å². The lowest BCUT2D eigenvalue weighted by Gasteiger charge is -2.23. The topological polar surface area (TPSA) is 23.6 Å². The molecule has 2 fully saturated rings. The van der Waals surface area contributed by atoms with E-state index in [1.807, 2.05) is 4.90 Å². The summed E-state index contributed by atoms with van der Waals surface area (Å²) >= 11 is 0. The zero-order chi connectivity index (χ0) is 14.8. The van der Waals surface area contributed by atoms with Gasteiger partial charge < -0.3 is 0 Å². The normalized spacial score (nSPS) is 23.8. The molecular weight excluding hydrogens is 274 g/mol. The molecule has 2 aliphatic heterocycles. The number of halogens is 2. The zero-order valence-electron chi connectivity index (χ0n) is 12.0. The lowest BCUT2D eigenvalue weighted by Crippen LogP contribution is -2.36. The maximum Gasteiger partial charge on any atom is 0.182 e. The molecule has 3 nitrogen and oxygen atoms in total. The predicted molar refractivity (Wildman–Crippen MR) is 76.3 cm³/mol. The van der Waals surface area contributed by atoms with E-state index >= 15 is 0 Å². The summed E-state index contributed by atoms with van der Waals surface area (Å²) in [5.74, 6) is -2.00. The summed E-state index contributed by atoms with van der Waals surface area (Å²) in [6.07, 6.45) is 3.53. The molecule has 3 rings (SSSR count). The predicted octanol–water partition coefficient (Wildman–Crippen LogP) is 2.32. The number of Topliss-reactive ketones (excluding diaryl/α,β-unsaturated/α-hetero) is 1. The fourth-order valence-corrected chi connectivity index (χ4v) is 3.41. The van der Waals surface area contributed by atoms with Crippen molar-refractivity contribution < 1.29 is 13.6 Å². The molecule has 0 saturated carbocycles. The van der Waals surface area contributed by atoms with Crippen LogP contribution in [0.15, 0.2) is 18.2 Å². The molecule has 0 aliphatic carbocycles. The first-order chi connectivity index (χ1) is 10.1. The van der Waals surface area contributed by atoms with Crippen LogP contribution in [0.4, 0.5) is 8.78 Å². The van der Waals surface area contributed by atoms with Gasteiger partial charge in [0.15, 0.2) is 5.78 Å². The number of ketones is 1. The van der Waals surface area contributed by atoms with E-state index in [0.29, 0.717) is 6.04 Å². The minimum absolute atomic E-state index is 0.0994. The first-order valence-corrected chi connectivity index (χ1v) is 7.59. The van der Waals surface area contributed by atoms with E-state index in [-0.39, 0.29) is 6.54 Å². The van der Waals surface area contributed by atoms with Crippen LogP contribution in [0.1, 0.15) is 29.6 Å². The van der Waals surface area contributed by atoms with Gasteiger partial charge in [-0.15, -0.1) is 0 Å². The highest BCUT2D eigenvalue weighted by Gasteiger charge is 2.30. The first-order valence-electron chi connectivity index (χ1n) is 7.59. The molecule has 1 aromatic rings. The van der Waals surface area contributed by atoms with E-state index < -0.39 is 23.0 Å². The monoisotopic (exact) mass is 294 g/mol. The smallest absolute Gasteiger partial charge is 0.182 e. The van der Waals surface area contributed by atoms with Crippen molar-refractivity contribution in [2.75, 3.05) is 32.7 Å². The second kappa shape index (κ2) is 6.20. The third-order valence-corrected chi connectivity index (χ3v) is 4.51. The van der Waals surface area contributed by atoms with Crippen LogP contribution >= 0.6 is 0 Å². The van der Waals surface area contributed by atoms with Crippen LogP contribution in [0.5, 0.6) is 0 Å². The molecule has 0 amide bonds. The van der Waals surface area contributed by atoms with E-state index in [2.05, 4.69) is 4.90 Å². The fourth-order valence-electron chi connectivity index (χ4n) is 3.41. The Morgan fingerprint density at radius 3 is 2.48 bits per heavy atom. The van der Waals surface area contributed by atoms with E-state index in [9.17, 15) is 13.6 Å². The largest absolute Gasteiger partial charge is 0.299 e. The summed E-state index contributed by atoms with van der Waals surface area (Å²) in [5.41, 5.74) is -0.401. The van der Waals surface area contributed by atoms with Crippen molar-refractivity contribution in [2.45, 2.75) is 25.3 Å². The van der Waals surface area contributed by atoms with Crippen molar-refractivity contribution in [3.05, 3.63) is 35.4 Å². The van der Waals surface area contributed by atoms with Crippen LogP contribution in [0.2, 0.25) is 0 Å². The van der Waals surface area contributed by atoms with Gasteiger partial charge in [-0.2, -0.15) is 0 Å². The molecule has 1 atom stereocenters. The average molecular weight is 294 g/mol. The van der Waals surface area contributed by atoms with E-state index in [4.69, 9.17) is 0 Å². The van der Waals surface area contributed by atoms with Crippen LogP contribution in [0.3, 0.4) is 0 Å². The molecule has 0 N–H and O–H groups in total. The number of carbonyl (C=O) groups is 1. The Labute approximate surface area is 123 Å². The van der Waals surface area contributed by atoms with Gasteiger partial charge in [-0.3, -0.25) is 14.6 Å². The van der Waals surface area contributed by atoms with Gasteiger partial charge in [0.05, 0.1) is 12.1 Å². The van der Waals surface area contributed by atoms with E-state index in [1.54, 1.807) is 0 Å². The molecule has 114 valence electrons. The lowest BCUT2D eigenvalue weighted by atomic mass is 10.1. The standard InChI is InChI=1S/C16H20F2N2O/c17-13-4-3-5-14(18)16(13)15(21)11-19-9-6-12(10-19)20-7-1-2-8-20/h3-5,12H,1-2,6-11H2. The summed E-state index contributed by atoms with van der Waals surface area (Å²) in [5, 5.41) is 0. The maximum absolute atomic E-state index is 13.6. The quantitative estimate of drug-likeness (QED) is 0.796. The Kier molecular flexibility index (Phi) is 4.31. The lowest BCUT2D eigenvalue weighted by molar-refractivity contribution is 0.0932. The molecule has 5 heteroatoms. The molecule has 0 radical (unpaired) electrons. The molecule has 0 spiro atoms. The Hall–Kier alpha value is -1.33. The van der Waals surface area contributed by atoms with Gasteiger partial charge in [0, 0.05) is 19.1 Å². The molecular formula is C16H20F2N2O. The van der Waals surface area contributed by atoms with E-state index in [0.717, 1.165) is 44.7 Å². The van der Waals surface area contributed by atoms with Crippen molar-refractivity contribution in [3.8, 4) is 0 Å². The second-order valence-corrected chi connectivity index (χ2v) is 5.94. The van der Waals surface area contributed by atoms with Crippen LogP contribution in [0.25, 0.3) is 0 Å². The Morgan fingerprint density at radius 2 is 1.81 bits per heavy atom. The third kappa shape index (κ3) is 3.14. The Bertz CT molecular complexity index is 509. The summed E-state index contributed by atoms with van der Waals surface area (Å²) in [6.45, 7) is 4.01. The Morgan fingerprint density at radius 1 is 1.14 bits per heavy atom. The van der Waals surface area contributed by atoms with Gasteiger partial charge in [0.25, 0.3) is 0 Å². The van der Waals surface area contributed by atoms with Gasteiger partial charge in [0.2, 0.25) is 0 Å². The van der Waals surface area contributed by atoms with Crippen molar-refractivity contribution in [2.24, 2.45) is 0 Å². The third-order valence-electron chi connectivity index (χ3n) is 4.51.